The van der Waals surface area contributed by atoms with Crippen molar-refractivity contribution in [3.63, 3.8) is 0 Å². The highest BCUT2D eigenvalue weighted by atomic mass is 16.3. The van der Waals surface area contributed by atoms with Gasteiger partial charge in [0.15, 0.2) is 11.5 Å². The Morgan fingerprint density at radius 1 is 1.12 bits per heavy atom. The van der Waals surface area contributed by atoms with Crippen molar-refractivity contribution in [1.29, 1.82) is 0 Å². The number of carbonyl (C=O) groups excluding carboxylic acids is 3. The average Bonchev–Trinajstić information content (AvgIpc) is 3.11. The number of ketones is 1. The Morgan fingerprint density at radius 2 is 1.88 bits per heavy atom. The highest BCUT2D eigenvalue weighted by Crippen LogP contribution is 2.28. The van der Waals surface area contributed by atoms with Crippen molar-refractivity contribution in [3.05, 3.63) is 64.9 Å². The highest BCUT2D eigenvalue weighted by molar-refractivity contribution is 6.03. The van der Waals surface area contributed by atoms with Crippen LogP contribution in [0.15, 0.2) is 46.9 Å². The van der Waals surface area contributed by atoms with Crippen LogP contribution in [0.3, 0.4) is 0 Å². The lowest BCUT2D eigenvalue weighted by Gasteiger charge is -2.29. The molecule has 1 aromatic heterocycles. The lowest BCUT2D eigenvalue weighted by atomic mass is 10.0. The Kier molecular flexibility index (Phi) is 6.10. The number of fused-ring (bicyclic) bond motifs is 1. The summed E-state index contributed by atoms with van der Waals surface area (Å²) in [6.45, 7) is 4.37. The van der Waals surface area contributed by atoms with E-state index in [1.54, 1.807) is 29.2 Å². The first-order valence-electron chi connectivity index (χ1n) is 10.7. The maximum Gasteiger partial charge on any atom is 0.253 e. The zero-order valence-electron chi connectivity index (χ0n) is 18.2. The number of piperidine rings is 1. The van der Waals surface area contributed by atoms with Crippen LogP contribution >= 0.6 is 0 Å². The molecule has 1 fully saturated rings. The molecule has 0 unspecified atom stereocenters. The number of aliphatic hydroxyl groups excluding tert-OH is 1. The molecule has 1 saturated heterocycles. The molecule has 0 saturated carbocycles. The van der Waals surface area contributed by atoms with Crippen molar-refractivity contribution in [3.8, 4) is 0 Å². The van der Waals surface area contributed by atoms with Gasteiger partial charge in [-0.3, -0.25) is 14.4 Å². The number of amides is 2. The second kappa shape index (κ2) is 8.96. The van der Waals surface area contributed by atoms with Crippen LogP contribution in [-0.2, 0) is 11.2 Å². The molecule has 0 atom stereocenters. The van der Waals surface area contributed by atoms with E-state index in [0.29, 0.717) is 48.3 Å². The fourth-order valence-corrected chi connectivity index (χ4v) is 4.06. The van der Waals surface area contributed by atoms with Gasteiger partial charge < -0.3 is 19.7 Å². The van der Waals surface area contributed by atoms with Gasteiger partial charge >= 0.3 is 0 Å². The first-order chi connectivity index (χ1) is 15.3. The largest absolute Gasteiger partial charge is 0.453 e. The second-order valence-corrected chi connectivity index (χ2v) is 8.29. The van der Waals surface area contributed by atoms with Crippen molar-refractivity contribution in [1.82, 2.24) is 4.90 Å². The molecule has 2 amide bonds. The molecular weight excluding hydrogens is 408 g/mol. The van der Waals surface area contributed by atoms with Crippen LogP contribution in [0.25, 0.3) is 11.0 Å². The first-order valence-corrected chi connectivity index (χ1v) is 10.7. The van der Waals surface area contributed by atoms with Crippen LogP contribution in [0.5, 0.6) is 0 Å². The zero-order chi connectivity index (χ0) is 22.8. The van der Waals surface area contributed by atoms with Crippen molar-refractivity contribution in [2.24, 2.45) is 0 Å². The van der Waals surface area contributed by atoms with Crippen LogP contribution in [0.4, 0.5) is 5.69 Å². The Hall–Kier alpha value is -3.45. The standard InChI is InChI=1S/C25H26N2O5/c1-15-6-7-20-21(24(16(2)28)32-22(20)12-15)14-23(30)26-18-5-3-4-17(13-18)25(31)27-10-8-19(29)9-11-27/h3-7,12-13,19,29H,8-11,14H2,1-2H3,(H,26,30). The predicted octanol–water partition coefficient (Wildman–Crippen LogP) is 3.72. The van der Waals surface area contributed by atoms with E-state index in [4.69, 9.17) is 4.42 Å². The van der Waals surface area contributed by atoms with Gasteiger partial charge in [0.05, 0.1) is 12.5 Å². The molecular formula is C25H26N2O5. The van der Waals surface area contributed by atoms with Gasteiger partial charge in [-0.15, -0.1) is 0 Å². The van der Waals surface area contributed by atoms with Crippen LogP contribution in [0.1, 0.15) is 51.8 Å². The number of benzene rings is 2. The van der Waals surface area contributed by atoms with Gasteiger partial charge in [-0.1, -0.05) is 18.2 Å². The molecule has 2 aromatic carbocycles. The molecule has 0 bridgehead atoms. The van der Waals surface area contributed by atoms with Gasteiger partial charge in [0.2, 0.25) is 5.91 Å². The quantitative estimate of drug-likeness (QED) is 0.596. The number of nitrogens with one attached hydrogen (secondary N) is 1. The Balaban J connectivity index is 1.51. The summed E-state index contributed by atoms with van der Waals surface area (Å²) in [6.07, 6.45) is 0.762. The van der Waals surface area contributed by atoms with E-state index in [-0.39, 0.29) is 35.9 Å². The molecule has 4 rings (SSSR count). The smallest absolute Gasteiger partial charge is 0.253 e. The van der Waals surface area contributed by atoms with Gasteiger partial charge in [0.1, 0.15) is 5.58 Å². The van der Waals surface area contributed by atoms with Crippen LogP contribution < -0.4 is 5.32 Å². The number of hydrogen-bond donors (Lipinski definition) is 2. The SMILES string of the molecule is CC(=O)c1oc2cc(C)ccc2c1CC(=O)Nc1cccc(C(=O)N2CCC(O)CC2)c1. The van der Waals surface area contributed by atoms with Gasteiger partial charge in [-0.2, -0.15) is 0 Å². The normalized spacial score (nSPS) is 14.5. The molecule has 166 valence electrons. The molecule has 7 heteroatoms. The predicted molar refractivity (Wildman–Crippen MR) is 121 cm³/mol. The summed E-state index contributed by atoms with van der Waals surface area (Å²) in [6, 6.07) is 12.4. The average molecular weight is 434 g/mol. The van der Waals surface area contributed by atoms with Crippen molar-refractivity contribution < 1.29 is 23.9 Å². The fourth-order valence-electron chi connectivity index (χ4n) is 4.06. The molecule has 32 heavy (non-hydrogen) atoms. The molecule has 0 aliphatic carbocycles. The summed E-state index contributed by atoms with van der Waals surface area (Å²) in [5, 5.41) is 13.2. The van der Waals surface area contributed by atoms with E-state index in [1.807, 2.05) is 25.1 Å². The monoisotopic (exact) mass is 434 g/mol. The number of Topliss-reactive ketones (excluding diaryl/α,β-unsaturated/α-hetero) is 1. The number of likely N-dealkylation sites (tertiary alicyclic amines) is 1. The fraction of sp³-hybridized carbons (Fsp3) is 0.320. The summed E-state index contributed by atoms with van der Waals surface area (Å²) in [5.74, 6) is -0.470. The molecule has 7 nitrogen and oxygen atoms in total. The van der Waals surface area contributed by atoms with Crippen molar-refractivity contribution in [2.75, 3.05) is 18.4 Å². The van der Waals surface area contributed by atoms with E-state index in [0.717, 1.165) is 10.9 Å². The van der Waals surface area contributed by atoms with Crippen LogP contribution in [0, 0.1) is 6.92 Å². The maximum atomic E-state index is 12.8. The number of furan rings is 1. The third kappa shape index (κ3) is 4.57. The Morgan fingerprint density at radius 3 is 2.59 bits per heavy atom. The summed E-state index contributed by atoms with van der Waals surface area (Å²) < 4.78 is 5.72. The molecule has 2 N–H and O–H groups in total. The number of hydrogen-bond acceptors (Lipinski definition) is 5. The lowest BCUT2D eigenvalue weighted by molar-refractivity contribution is -0.115. The zero-order valence-corrected chi connectivity index (χ0v) is 18.2. The van der Waals surface area contributed by atoms with E-state index in [1.165, 1.54) is 6.92 Å². The second-order valence-electron chi connectivity index (χ2n) is 8.29. The van der Waals surface area contributed by atoms with Gasteiger partial charge in [0, 0.05) is 42.2 Å². The van der Waals surface area contributed by atoms with E-state index < -0.39 is 0 Å². The first kappa shape index (κ1) is 21.8. The molecule has 1 aliphatic rings. The number of nitrogens with zero attached hydrogens (tertiary/aromatic N) is 1. The number of rotatable bonds is 5. The number of anilines is 1. The Bertz CT molecular complexity index is 1190. The van der Waals surface area contributed by atoms with Crippen LogP contribution in [0.2, 0.25) is 0 Å². The minimum atomic E-state index is -0.354. The molecule has 0 radical (unpaired) electrons. The highest BCUT2D eigenvalue weighted by Gasteiger charge is 2.23. The maximum absolute atomic E-state index is 12.8. The number of aliphatic hydroxyl groups is 1. The molecule has 3 aromatic rings. The van der Waals surface area contributed by atoms with Crippen LogP contribution in [-0.4, -0.2) is 46.8 Å². The van der Waals surface area contributed by atoms with E-state index in [2.05, 4.69) is 5.32 Å². The summed E-state index contributed by atoms with van der Waals surface area (Å²) in [7, 11) is 0. The van der Waals surface area contributed by atoms with E-state index >= 15 is 0 Å². The van der Waals surface area contributed by atoms with Crippen molar-refractivity contribution in [2.45, 2.75) is 39.2 Å². The van der Waals surface area contributed by atoms with Crippen molar-refractivity contribution >= 4 is 34.3 Å². The summed E-state index contributed by atoms with van der Waals surface area (Å²) in [4.78, 5) is 39.4. The molecule has 1 aliphatic heterocycles. The third-order valence-electron chi connectivity index (χ3n) is 5.75. The van der Waals surface area contributed by atoms with Gasteiger partial charge in [0.25, 0.3) is 5.91 Å². The third-order valence-corrected chi connectivity index (χ3v) is 5.75. The Labute approximate surface area is 186 Å². The van der Waals surface area contributed by atoms with E-state index in [9.17, 15) is 19.5 Å². The number of aryl methyl sites for hydroxylation is 1. The molecule has 0 spiro atoms. The summed E-state index contributed by atoms with van der Waals surface area (Å²) >= 11 is 0. The minimum absolute atomic E-state index is 0.0207. The topological polar surface area (TPSA) is 99.8 Å². The number of carbonyl (C=O) groups is 3. The lowest BCUT2D eigenvalue weighted by Crippen LogP contribution is -2.40. The molecule has 2 heterocycles. The van der Waals surface area contributed by atoms with Gasteiger partial charge in [-0.25, -0.2) is 0 Å². The summed E-state index contributed by atoms with van der Waals surface area (Å²) in [5.41, 5.74) is 3.13. The van der Waals surface area contributed by atoms with Gasteiger partial charge in [-0.05, 0) is 49.6 Å². The minimum Gasteiger partial charge on any atom is -0.453 e.